The maximum absolute atomic E-state index is 10.9. The molecule has 1 aromatic heterocycles. The zero-order valence-corrected chi connectivity index (χ0v) is 22.6. The van der Waals surface area contributed by atoms with Gasteiger partial charge in [-0.25, -0.2) is 4.79 Å². The van der Waals surface area contributed by atoms with Crippen LogP contribution in [0.5, 0.6) is 5.75 Å². The molecule has 0 N–H and O–H groups in total. The molecule has 0 bridgehead atoms. The van der Waals surface area contributed by atoms with Crippen molar-refractivity contribution in [3.63, 3.8) is 0 Å². The highest BCUT2D eigenvalue weighted by Gasteiger charge is 2.19. The number of nitrogens with zero attached hydrogens (tertiary/aromatic N) is 3. The molecule has 2 aromatic carbocycles. The zero-order chi connectivity index (χ0) is 28.0. The van der Waals surface area contributed by atoms with E-state index in [1.807, 2.05) is 50.2 Å². The molecule has 3 rings (SSSR count). The first-order valence-electron chi connectivity index (χ1n) is 12.6. The fourth-order valence-electron chi connectivity index (χ4n) is 4.07. The van der Waals surface area contributed by atoms with E-state index in [0.29, 0.717) is 57.3 Å². The number of nitriles is 2. The van der Waals surface area contributed by atoms with E-state index >= 15 is 0 Å². The van der Waals surface area contributed by atoms with Crippen LogP contribution >= 0.6 is 0 Å². The molecule has 0 aliphatic carbocycles. The van der Waals surface area contributed by atoms with Crippen molar-refractivity contribution in [2.45, 2.75) is 20.4 Å². The van der Waals surface area contributed by atoms with Crippen LogP contribution in [0.3, 0.4) is 0 Å². The van der Waals surface area contributed by atoms with Gasteiger partial charge in [-0.15, -0.1) is 0 Å². The predicted octanol–water partition coefficient (Wildman–Crippen LogP) is 4.17. The molecule has 1 heterocycles. The molecule has 0 radical (unpaired) electrons. The Bertz CT molecular complexity index is 1300. The van der Waals surface area contributed by atoms with Gasteiger partial charge in [-0.05, 0) is 49.2 Å². The summed E-state index contributed by atoms with van der Waals surface area (Å²) >= 11 is 0. The number of hydrogen-bond acceptors (Lipinski definition) is 8. The standard InChI is InChI=1S/C30H33N3O6/c1-22-28(19-32)30(26-8-4-24(18-31)5-9-26)23(2)33(22)20-25-6-10-27(11-7-25)39-17-16-37-13-12-36-14-15-38-21-29(34)35-3/h4-11H,12-17,20-21H2,1-3H3. The second-order valence-corrected chi connectivity index (χ2v) is 8.65. The Kier molecular flexibility index (Phi) is 11.5. The average Bonchev–Trinajstić information content (AvgIpc) is 3.20. The van der Waals surface area contributed by atoms with Gasteiger partial charge in [0.1, 0.15) is 25.0 Å². The quantitative estimate of drug-likeness (QED) is 0.212. The second kappa shape index (κ2) is 15.3. The Labute approximate surface area is 229 Å². The SMILES string of the molecule is COC(=O)COCCOCCOCCOc1ccc(Cn2c(C)c(C#N)c(-c3ccc(C#N)cc3)c2C)cc1. The maximum atomic E-state index is 10.9. The smallest absolute Gasteiger partial charge is 0.331 e. The van der Waals surface area contributed by atoms with Gasteiger partial charge in [-0.1, -0.05) is 24.3 Å². The summed E-state index contributed by atoms with van der Waals surface area (Å²) in [6.07, 6.45) is 0. The molecule has 39 heavy (non-hydrogen) atoms. The van der Waals surface area contributed by atoms with Crippen LogP contribution in [0.25, 0.3) is 11.1 Å². The minimum Gasteiger partial charge on any atom is -0.491 e. The van der Waals surface area contributed by atoms with Gasteiger partial charge in [-0.2, -0.15) is 10.5 Å². The molecule has 0 spiro atoms. The van der Waals surface area contributed by atoms with Crippen LogP contribution in [-0.2, 0) is 30.3 Å². The van der Waals surface area contributed by atoms with E-state index in [4.69, 9.17) is 24.2 Å². The van der Waals surface area contributed by atoms with Crippen LogP contribution in [0.4, 0.5) is 0 Å². The van der Waals surface area contributed by atoms with Gasteiger partial charge >= 0.3 is 5.97 Å². The van der Waals surface area contributed by atoms with E-state index in [1.165, 1.54) is 7.11 Å². The van der Waals surface area contributed by atoms with Gasteiger partial charge in [0.25, 0.3) is 0 Å². The maximum Gasteiger partial charge on any atom is 0.331 e. The van der Waals surface area contributed by atoms with Gasteiger partial charge in [0.2, 0.25) is 0 Å². The van der Waals surface area contributed by atoms with Crippen molar-refractivity contribution < 1.29 is 28.5 Å². The molecule has 0 atom stereocenters. The van der Waals surface area contributed by atoms with Crippen LogP contribution in [-0.4, -0.2) is 63.9 Å². The van der Waals surface area contributed by atoms with Crippen LogP contribution in [0.15, 0.2) is 48.5 Å². The topological polar surface area (TPSA) is 116 Å². The number of esters is 1. The Morgan fingerprint density at radius 2 is 1.41 bits per heavy atom. The van der Waals surface area contributed by atoms with E-state index in [1.54, 1.807) is 12.1 Å². The summed E-state index contributed by atoms with van der Waals surface area (Å²) < 4.78 is 28.4. The number of ether oxygens (including phenoxy) is 5. The van der Waals surface area contributed by atoms with E-state index in [2.05, 4.69) is 21.4 Å². The Morgan fingerprint density at radius 1 is 0.795 bits per heavy atom. The van der Waals surface area contributed by atoms with Crippen molar-refractivity contribution in [2.24, 2.45) is 0 Å². The Hall–Kier alpha value is -4.15. The van der Waals surface area contributed by atoms with E-state index in [0.717, 1.165) is 33.8 Å². The molecule has 0 aliphatic rings. The number of rotatable bonds is 15. The third-order valence-corrected chi connectivity index (χ3v) is 6.15. The van der Waals surface area contributed by atoms with Crippen molar-refractivity contribution in [1.29, 1.82) is 10.5 Å². The zero-order valence-electron chi connectivity index (χ0n) is 22.6. The molecular formula is C30H33N3O6. The minimum absolute atomic E-state index is 0.0801. The van der Waals surface area contributed by atoms with Crippen molar-refractivity contribution in [1.82, 2.24) is 4.57 Å². The summed E-state index contributed by atoms with van der Waals surface area (Å²) in [7, 11) is 1.31. The molecule has 0 amide bonds. The molecule has 0 saturated carbocycles. The number of carbonyl (C=O) groups excluding carboxylic acids is 1. The third-order valence-electron chi connectivity index (χ3n) is 6.15. The van der Waals surface area contributed by atoms with Crippen LogP contribution in [0, 0.1) is 36.5 Å². The molecule has 3 aromatic rings. The predicted molar refractivity (Wildman–Crippen MR) is 144 cm³/mol. The number of methoxy groups -OCH3 is 1. The van der Waals surface area contributed by atoms with Crippen molar-refractivity contribution in [3.05, 3.63) is 76.6 Å². The number of hydrogen-bond donors (Lipinski definition) is 0. The molecule has 0 saturated heterocycles. The summed E-state index contributed by atoms with van der Waals surface area (Å²) in [4.78, 5) is 10.9. The van der Waals surface area contributed by atoms with Crippen LogP contribution < -0.4 is 4.74 Å². The average molecular weight is 532 g/mol. The number of benzene rings is 2. The van der Waals surface area contributed by atoms with Gasteiger partial charge in [0.05, 0.1) is 57.3 Å². The highest BCUT2D eigenvalue weighted by Crippen LogP contribution is 2.32. The molecule has 9 heteroatoms. The van der Waals surface area contributed by atoms with Gasteiger partial charge in [-0.3, -0.25) is 0 Å². The lowest BCUT2D eigenvalue weighted by atomic mass is 10.0. The molecule has 204 valence electrons. The van der Waals surface area contributed by atoms with E-state index < -0.39 is 5.97 Å². The minimum atomic E-state index is -0.414. The van der Waals surface area contributed by atoms with Crippen molar-refractivity contribution in [2.75, 3.05) is 53.4 Å². The van der Waals surface area contributed by atoms with Crippen LogP contribution in [0.1, 0.15) is 28.1 Å². The molecule has 0 aliphatic heterocycles. The fraction of sp³-hybridized carbons (Fsp3) is 0.367. The summed E-state index contributed by atoms with van der Waals surface area (Å²) in [6, 6.07) is 19.7. The van der Waals surface area contributed by atoms with E-state index in [-0.39, 0.29) is 6.61 Å². The third kappa shape index (κ3) is 8.42. The number of carbonyl (C=O) groups is 1. The van der Waals surface area contributed by atoms with Crippen LogP contribution in [0.2, 0.25) is 0 Å². The first kappa shape index (κ1) is 29.4. The van der Waals surface area contributed by atoms with Crippen molar-refractivity contribution in [3.8, 4) is 29.0 Å². The molecule has 0 unspecified atom stereocenters. The van der Waals surface area contributed by atoms with Gasteiger partial charge in [0, 0.05) is 23.5 Å². The number of aromatic nitrogens is 1. The molecular weight excluding hydrogens is 498 g/mol. The summed E-state index contributed by atoms with van der Waals surface area (Å²) in [6.45, 7) is 6.91. The second-order valence-electron chi connectivity index (χ2n) is 8.65. The summed E-state index contributed by atoms with van der Waals surface area (Å²) in [5, 5.41) is 18.9. The molecule has 9 nitrogen and oxygen atoms in total. The first-order valence-corrected chi connectivity index (χ1v) is 12.6. The fourth-order valence-corrected chi connectivity index (χ4v) is 4.07. The Morgan fingerprint density at radius 3 is 2.00 bits per heavy atom. The summed E-state index contributed by atoms with van der Waals surface area (Å²) in [5.74, 6) is 0.334. The normalized spacial score (nSPS) is 10.6. The van der Waals surface area contributed by atoms with Gasteiger partial charge in [0.15, 0.2) is 0 Å². The van der Waals surface area contributed by atoms with Gasteiger partial charge < -0.3 is 28.3 Å². The monoisotopic (exact) mass is 531 g/mol. The summed E-state index contributed by atoms with van der Waals surface area (Å²) in [5.41, 5.74) is 6.06. The highest BCUT2D eigenvalue weighted by molar-refractivity contribution is 5.75. The lowest BCUT2D eigenvalue weighted by Crippen LogP contribution is -2.15. The first-order chi connectivity index (χ1) is 19.0. The lowest BCUT2D eigenvalue weighted by molar-refractivity contribution is -0.146. The largest absolute Gasteiger partial charge is 0.491 e. The van der Waals surface area contributed by atoms with E-state index in [9.17, 15) is 10.1 Å². The Balaban J connectivity index is 1.44. The van der Waals surface area contributed by atoms with Crippen molar-refractivity contribution >= 4 is 5.97 Å². The highest BCUT2D eigenvalue weighted by atomic mass is 16.6. The lowest BCUT2D eigenvalue weighted by Gasteiger charge is -2.12. The molecule has 0 fully saturated rings.